The summed E-state index contributed by atoms with van der Waals surface area (Å²) < 4.78 is 6.09. The van der Waals surface area contributed by atoms with E-state index in [-0.39, 0.29) is 11.8 Å². The molecule has 2 aliphatic heterocycles. The molecule has 2 amide bonds. The fourth-order valence-electron chi connectivity index (χ4n) is 4.88. The summed E-state index contributed by atoms with van der Waals surface area (Å²) >= 11 is 0. The van der Waals surface area contributed by atoms with Crippen LogP contribution in [0, 0.1) is 6.92 Å². The maximum absolute atomic E-state index is 12.9. The van der Waals surface area contributed by atoms with E-state index in [0.29, 0.717) is 44.0 Å². The van der Waals surface area contributed by atoms with Gasteiger partial charge < -0.3 is 25.2 Å². The molecular formula is C31H34N4O7. The number of amides is 2. The smallest absolute Gasteiger partial charge is 0.328 e. The molecule has 5 rings (SSSR count). The Kier molecular flexibility index (Phi) is 10.2. The van der Waals surface area contributed by atoms with Gasteiger partial charge in [0.2, 0.25) is 5.91 Å². The zero-order chi connectivity index (χ0) is 30.1. The van der Waals surface area contributed by atoms with Crippen molar-refractivity contribution in [2.75, 3.05) is 44.6 Å². The molecule has 0 bridgehead atoms. The van der Waals surface area contributed by atoms with Gasteiger partial charge in [0.15, 0.2) is 0 Å². The molecule has 0 unspecified atom stereocenters. The van der Waals surface area contributed by atoms with Crippen LogP contribution in [-0.2, 0) is 20.8 Å². The summed E-state index contributed by atoms with van der Waals surface area (Å²) in [6.07, 6.45) is 3.25. The van der Waals surface area contributed by atoms with E-state index in [4.69, 9.17) is 14.9 Å². The number of anilines is 1. The fraction of sp³-hybridized carbons (Fsp3) is 0.323. The Morgan fingerprint density at radius 1 is 0.952 bits per heavy atom. The lowest BCUT2D eigenvalue weighted by Gasteiger charge is -2.34. The number of aryl methyl sites for hydroxylation is 1. The number of hydrogen-bond donors (Lipinski definition) is 3. The molecule has 1 aromatic heterocycles. The molecule has 1 fully saturated rings. The number of nitrogens with one attached hydrogen (secondary N) is 1. The molecule has 3 heterocycles. The van der Waals surface area contributed by atoms with Crippen molar-refractivity contribution < 1.29 is 34.1 Å². The third kappa shape index (κ3) is 8.14. The first kappa shape index (κ1) is 30.2. The van der Waals surface area contributed by atoms with Crippen molar-refractivity contribution >= 4 is 40.3 Å². The molecular weight excluding hydrogens is 540 g/mol. The van der Waals surface area contributed by atoms with Gasteiger partial charge in [-0.3, -0.25) is 14.5 Å². The second-order valence-electron chi connectivity index (χ2n) is 10.0. The first-order valence-corrected chi connectivity index (χ1v) is 13.8. The lowest BCUT2D eigenvalue weighted by molar-refractivity contribution is -0.134. The van der Waals surface area contributed by atoms with Gasteiger partial charge in [0.25, 0.3) is 5.91 Å². The number of aliphatic carboxylic acids is 2. The van der Waals surface area contributed by atoms with E-state index in [9.17, 15) is 19.2 Å². The van der Waals surface area contributed by atoms with E-state index < -0.39 is 11.9 Å². The average molecular weight is 575 g/mol. The largest absolute Gasteiger partial charge is 0.493 e. The van der Waals surface area contributed by atoms with Gasteiger partial charge in [-0.2, -0.15) is 0 Å². The molecule has 0 saturated carbocycles. The molecule has 0 aliphatic carbocycles. The highest BCUT2D eigenvalue weighted by Crippen LogP contribution is 2.34. The van der Waals surface area contributed by atoms with Crippen molar-refractivity contribution in [3.8, 4) is 5.75 Å². The first-order chi connectivity index (χ1) is 20.2. The molecule has 11 heteroatoms. The zero-order valence-electron chi connectivity index (χ0n) is 23.4. The lowest BCUT2D eigenvalue weighted by atomic mass is 9.98. The number of piperazine rings is 1. The molecule has 2 aliphatic rings. The Balaban J connectivity index is 0.000000446. The summed E-state index contributed by atoms with van der Waals surface area (Å²) in [5.41, 5.74) is 4.45. The van der Waals surface area contributed by atoms with E-state index in [1.807, 2.05) is 60.4 Å². The number of nitrogens with zero attached hydrogens (tertiary/aromatic N) is 3. The Labute approximate surface area is 243 Å². The standard InChI is InChI=1S/C27H30N4O3.C4H4O4/c1-19-7-11-24(21-9-12-25(32)29-26(19)21)34-18-4-13-30-14-16-31(17-15-30)27(33)23-10-8-20-5-2-3-6-22(20)28-23;5-3(6)1-2-4(7)8/h2-3,5-8,10-11H,4,9,12-18H2,1H3,(H,29,32);1-2H,(H,5,6)(H,7,8)/b;2-1-. The van der Waals surface area contributed by atoms with Crippen LogP contribution in [0.2, 0.25) is 0 Å². The van der Waals surface area contributed by atoms with Gasteiger partial charge in [-0.15, -0.1) is 0 Å². The van der Waals surface area contributed by atoms with Crippen LogP contribution in [0.15, 0.2) is 60.7 Å². The van der Waals surface area contributed by atoms with Crippen LogP contribution in [-0.4, -0.2) is 88.1 Å². The van der Waals surface area contributed by atoms with Crippen molar-refractivity contribution in [2.45, 2.75) is 26.2 Å². The molecule has 0 atom stereocenters. The van der Waals surface area contributed by atoms with Crippen LogP contribution in [0.3, 0.4) is 0 Å². The van der Waals surface area contributed by atoms with Crippen LogP contribution in [0.4, 0.5) is 5.69 Å². The Bertz CT molecular complexity index is 1480. The van der Waals surface area contributed by atoms with Crippen LogP contribution < -0.4 is 10.1 Å². The molecule has 42 heavy (non-hydrogen) atoms. The van der Waals surface area contributed by atoms with Crippen LogP contribution in [0.1, 0.15) is 34.5 Å². The van der Waals surface area contributed by atoms with E-state index in [0.717, 1.165) is 65.9 Å². The van der Waals surface area contributed by atoms with E-state index >= 15 is 0 Å². The number of benzene rings is 2. The van der Waals surface area contributed by atoms with Gasteiger partial charge in [0, 0.05) is 62.2 Å². The number of carbonyl (C=O) groups excluding carboxylic acids is 2. The summed E-state index contributed by atoms with van der Waals surface area (Å²) in [7, 11) is 0. The number of carbonyl (C=O) groups is 4. The number of para-hydroxylation sites is 1. The lowest BCUT2D eigenvalue weighted by Crippen LogP contribution is -2.49. The van der Waals surface area contributed by atoms with Gasteiger partial charge in [0.1, 0.15) is 11.4 Å². The quantitative estimate of drug-likeness (QED) is 0.272. The maximum Gasteiger partial charge on any atom is 0.328 e. The molecule has 3 N–H and O–H groups in total. The van der Waals surface area contributed by atoms with E-state index in [1.54, 1.807) is 0 Å². The van der Waals surface area contributed by atoms with Crippen LogP contribution in [0.25, 0.3) is 10.9 Å². The summed E-state index contributed by atoms with van der Waals surface area (Å²) in [5, 5.41) is 19.6. The van der Waals surface area contributed by atoms with Gasteiger partial charge in [-0.05, 0) is 43.5 Å². The van der Waals surface area contributed by atoms with Crippen molar-refractivity contribution in [2.24, 2.45) is 0 Å². The number of carboxylic acids is 2. The Hall–Kier alpha value is -4.77. The molecule has 2 aromatic carbocycles. The average Bonchev–Trinajstić information content (AvgIpc) is 2.99. The minimum atomic E-state index is -1.26. The molecule has 0 radical (unpaired) electrons. The Morgan fingerprint density at radius 3 is 2.38 bits per heavy atom. The maximum atomic E-state index is 12.9. The van der Waals surface area contributed by atoms with Gasteiger partial charge >= 0.3 is 11.9 Å². The van der Waals surface area contributed by atoms with Gasteiger partial charge in [-0.25, -0.2) is 14.6 Å². The third-order valence-corrected chi connectivity index (χ3v) is 7.07. The highest BCUT2D eigenvalue weighted by Gasteiger charge is 2.23. The second-order valence-corrected chi connectivity index (χ2v) is 10.0. The highest BCUT2D eigenvalue weighted by atomic mass is 16.5. The van der Waals surface area contributed by atoms with Crippen molar-refractivity contribution in [1.82, 2.24) is 14.8 Å². The summed E-state index contributed by atoms with van der Waals surface area (Å²) in [6.45, 7) is 6.69. The highest BCUT2D eigenvalue weighted by molar-refractivity contribution is 5.96. The Morgan fingerprint density at radius 2 is 1.67 bits per heavy atom. The third-order valence-electron chi connectivity index (χ3n) is 7.07. The van der Waals surface area contributed by atoms with Crippen molar-refractivity contribution in [3.63, 3.8) is 0 Å². The number of aromatic nitrogens is 1. The number of rotatable bonds is 8. The fourth-order valence-corrected chi connectivity index (χ4v) is 4.88. The van der Waals surface area contributed by atoms with Gasteiger partial charge in [0.05, 0.1) is 17.8 Å². The number of fused-ring (bicyclic) bond motifs is 2. The molecule has 220 valence electrons. The number of ether oxygens (including phenoxy) is 1. The van der Waals surface area contributed by atoms with Crippen LogP contribution >= 0.6 is 0 Å². The molecule has 3 aromatic rings. The molecule has 11 nitrogen and oxygen atoms in total. The zero-order valence-corrected chi connectivity index (χ0v) is 23.4. The number of carboxylic acid groups (broad SMARTS) is 2. The van der Waals surface area contributed by atoms with Crippen molar-refractivity contribution in [1.29, 1.82) is 0 Å². The van der Waals surface area contributed by atoms with Crippen molar-refractivity contribution in [3.05, 3.63) is 77.5 Å². The van der Waals surface area contributed by atoms with Gasteiger partial charge in [-0.1, -0.05) is 30.3 Å². The number of pyridine rings is 1. The second kappa shape index (κ2) is 14.2. The number of hydrogen-bond acceptors (Lipinski definition) is 7. The minimum Gasteiger partial charge on any atom is -0.493 e. The topological polar surface area (TPSA) is 149 Å². The normalized spacial score (nSPS) is 15.0. The summed E-state index contributed by atoms with van der Waals surface area (Å²) in [5.74, 6) is -1.56. The van der Waals surface area contributed by atoms with Crippen LogP contribution in [0.5, 0.6) is 5.75 Å². The monoisotopic (exact) mass is 574 g/mol. The summed E-state index contributed by atoms with van der Waals surface area (Å²) in [6, 6.07) is 15.7. The predicted molar refractivity (Wildman–Crippen MR) is 157 cm³/mol. The first-order valence-electron chi connectivity index (χ1n) is 13.8. The minimum absolute atomic E-state index is 0.00460. The molecule has 0 spiro atoms. The molecule has 1 saturated heterocycles. The van der Waals surface area contributed by atoms with E-state index in [1.165, 1.54) is 0 Å². The van der Waals surface area contributed by atoms with E-state index in [2.05, 4.69) is 15.2 Å². The predicted octanol–water partition coefficient (Wildman–Crippen LogP) is 3.37. The summed E-state index contributed by atoms with van der Waals surface area (Å²) in [4.78, 5) is 52.6. The SMILES string of the molecule is Cc1ccc(OCCCN2CCN(C(=O)c3ccc4ccccc4n3)CC2)c2c1NC(=O)CC2.O=C(O)/C=C\C(=O)O.